The van der Waals surface area contributed by atoms with Crippen LogP contribution in [0.3, 0.4) is 0 Å². The van der Waals surface area contributed by atoms with E-state index < -0.39 is 10.8 Å². The van der Waals surface area contributed by atoms with Gasteiger partial charge in [0.1, 0.15) is 0 Å². The van der Waals surface area contributed by atoms with Gasteiger partial charge in [0, 0.05) is 22.1 Å². The van der Waals surface area contributed by atoms with Crippen molar-refractivity contribution in [3.8, 4) is 160 Å². The molecule has 0 unspecified atom stereocenters. The van der Waals surface area contributed by atoms with Gasteiger partial charge in [-0.3, -0.25) is 0 Å². The van der Waals surface area contributed by atoms with E-state index >= 15 is 0 Å². The van der Waals surface area contributed by atoms with Crippen LogP contribution in [0.1, 0.15) is 107 Å². The molecule has 0 saturated heterocycles. The van der Waals surface area contributed by atoms with Crippen molar-refractivity contribution in [1.29, 1.82) is 0 Å². The maximum Gasteiger partial charge on any atom is 0.164 e. The Morgan fingerprint density at radius 3 is 0.719 bits per heavy atom. The molecule has 21 heteroatoms. The van der Waals surface area contributed by atoms with E-state index in [1.807, 2.05) is 60.7 Å². The molecule has 18 N–H and O–H groups in total. The third-order valence-corrected chi connectivity index (χ3v) is 24.0. The van der Waals surface area contributed by atoms with Crippen molar-refractivity contribution in [2.75, 3.05) is 0 Å². The second kappa shape index (κ2) is 28.8. The topological polar surface area (TPSA) is 403 Å². The van der Waals surface area contributed by atoms with Crippen molar-refractivity contribution in [2.24, 2.45) is 0 Å². The van der Waals surface area contributed by atoms with Crippen LogP contribution in [0.5, 0.6) is 103 Å². The Morgan fingerprint density at radius 2 is 0.430 bits per heavy atom. The smallest absolute Gasteiger partial charge is 0.164 e. The first-order chi connectivity index (χ1) is 57.8. The van der Waals surface area contributed by atoms with E-state index in [0.29, 0.717) is 16.7 Å². The number of hydrogen-bond donors (Lipinski definition) is 18. The monoisotopic (exact) mass is 1610 g/mol. The normalized spacial score (nSPS) is 14.5. The lowest BCUT2D eigenvalue weighted by Crippen LogP contribution is -2.28. The van der Waals surface area contributed by atoms with Crippen molar-refractivity contribution in [1.82, 2.24) is 15.0 Å². The molecular formula is C100H79N3O18. The van der Waals surface area contributed by atoms with Crippen LogP contribution in [0.15, 0.2) is 273 Å². The second-order valence-corrected chi connectivity index (χ2v) is 32.3. The molecule has 1 heterocycles. The summed E-state index contributed by atoms with van der Waals surface area (Å²) in [6.07, 6.45) is 1.64. The molecule has 4 aliphatic rings. The first-order valence-corrected chi connectivity index (χ1v) is 38.6. The molecule has 16 aromatic rings. The molecule has 4 aliphatic carbocycles. The number of aromatic hydroxyl groups is 18. The molecule has 0 bridgehead atoms. The summed E-state index contributed by atoms with van der Waals surface area (Å²) in [5, 5.41) is 183. The highest BCUT2D eigenvalue weighted by Crippen LogP contribution is 2.66. The van der Waals surface area contributed by atoms with Crippen molar-refractivity contribution in [2.45, 2.75) is 67.6 Å². The third-order valence-electron chi connectivity index (χ3n) is 24.0. The highest BCUT2D eigenvalue weighted by Gasteiger charge is 2.57. The van der Waals surface area contributed by atoms with Gasteiger partial charge in [-0.1, -0.05) is 161 Å². The van der Waals surface area contributed by atoms with Gasteiger partial charge in [-0.25, -0.2) is 15.0 Å². The van der Waals surface area contributed by atoms with Gasteiger partial charge in [0.05, 0.1) is 10.8 Å². The Hall–Kier alpha value is -15.8. The summed E-state index contributed by atoms with van der Waals surface area (Å²) in [6, 6.07) is 79.9. The lowest BCUT2D eigenvalue weighted by Gasteiger charge is -2.34. The summed E-state index contributed by atoms with van der Waals surface area (Å²) in [5.74, 6) is -3.46. The Balaban J connectivity index is 0.000000116. The average molecular weight is 1610 g/mol. The lowest BCUT2D eigenvalue weighted by atomic mass is 9.67. The first-order valence-electron chi connectivity index (χ1n) is 38.6. The zero-order valence-electron chi connectivity index (χ0n) is 65.3. The number of fused-ring (bicyclic) bond motifs is 12. The van der Waals surface area contributed by atoms with E-state index in [4.69, 9.17) is 0 Å². The number of aromatic nitrogens is 3. The van der Waals surface area contributed by atoms with Crippen LogP contribution in [0.2, 0.25) is 0 Å². The van der Waals surface area contributed by atoms with Crippen molar-refractivity contribution >= 4 is 21.5 Å². The van der Waals surface area contributed by atoms with Crippen molar-refractivity contribution in [3.63, 3.8) is 0 Å². The van der Waals surface area contributed by atoms with Crippen LogP contribution in [0.25, 0.3) is 78.0 Å². The summed E-state index contributed by atoms with van der Waals surface area (Å²) in [7, 11) is 0. The van der Waals surface area contributed by atoms with Gasteiger partial charge in [-0.05, 0) is 274 Å². The third kappa shape index (κ3) is 12.8. The number of benzene rings is 15. The summed E-state index contributed by atoms with van der Waals surface area (Å²) in [5.41, 5.74) is 15.2. The van der Waals surface area contributed by atoms with Gasteiger partial charge < -0.3 is 91.9 Å². The minimum atomic E-state index is -0.830. The molecule has 15 aromatic carbocycles. The minimum absolute atomic E-state index is 0.102. The molecule has 0 amide bonds. The first kappa shape index (κ1) is 77.8. The van der Waals surface area contributed by atoms with Gasteiger partial charge in [-0.15, -0.1) is 0 Å². The highest BCUT2D eigenvalue weighted by molar-refractivity contribution is 5.94. The molecule has 21 nitrogen and oxygen atoms in total. The zero-order chi connectivity index (χ0) is 85.3. The number of hydrogen-bond acceptors (Lipinski definition) is 21. The van der Waals surface area contributed by atoms with E-state index in [1.54, 1.807) is 72.8 Å². The van der Waals surface area contributed by atoms with E-state index in [2.05, 4.69) is 115 Å². The number of phenols is 18. The molecule has 1 spiro atoms. The number of phenolic OH excluding ortho intramolecular Hbond substituents is 18. The van der Waals surface area contributed by atoms with E-state index in [9.17, 15) is 91.9 Å². The minimum Gasteiger partial charge on any atom is -0.504 e. The lowest BCUT2D eigenvalue weighted by molar-refractivity contribution is 0.348. The molecule has 121 heavy (non-hydrogen) atoms. The van der Waals surface area contributed by atoms with Gasteiger partial charge in [-0.2, -0.15) is 0 Å². The van der Waals surface area contributed by atoms with E-state index in [-0.39, 0.29) is 137 Å². The van der Waals surface area contributed by atoms with E-state index in [1.165, 1.54) is 66.7 Å². The highest BCUT2D eigenvalue weighted by atomic mass is 16.3. The predicted octanol–water partition coefficient (Wildman–Crippen LogP) is 19.3. The maximum absolute atomic E-state index is 10.3. The van der Waals surface area contributed by atoms with Gasteiger partial charge in [0.15, 0.2) is 121 Å². The molecule has 0 saturated carbocycles. The Labute approximate surface area is 692 Å². The van der Waals surface area contributed by atoms with Crippen LogP contribution < -0.4 is 0 Å². The SMILES string of the molecule is CC1(C)CC2(CC(C)(C)c3cc(O)c(O)cc32)c2cc(O)c(O)cc21.Oc1cc2ccc(C3(c4ccc5cc(O)c(O)cc5c4)c4ccccc4-c4ccccc43)cc2cc1O.Oc1ccc(-c2nc(-c3ccc(O)c(O)c3)nc(-c3ccc(O)c(O)c3)n2)cc1O.Oc1ccc(C2(c3ccc(O)c(O)c3)c3ccccc3-c3ccccc32)cc1O. The van der Waals surface area contributed by atoms with Crippen LogP contribution >= 0.6 is 0 Å². The van der Waals surface area contributed by atoms with Crippen LogP contribution in [0.4, 0.5) is 0 Å². The quantitative estimate of drug-likeness (QED) is 0.0659. The fourth-order valence-corrected chi connectivity index (χ4v) is 18.7. The van der Waals surface area contributed by atoms with Gasteiger partial charge in [0.25, 0.3) is 0 Å². The fourth-order valence-electron chi connectivity index (χ4n) is 18.7. The van der Waals surface area contributed by atoms with Gasteiger partial charge >= 0.3 is 0 Å². The van der Waals surface area contributed by atoms with Crippen LogP contribution in [-0.4, -0.2) is 107 Å². The van der Waals surface area contributed by atoms with Gasteiger partial charge in [0.2, 0.25) is 0 Å². The molecule has 602 valence electrons. The second-order valence-electron chi connectivity index (χ2n) is 32.3. The Kier molecular flexibility index (Phi) is 18.5. The van der Waals surface area contributed by atoms with Crippen LogP contribution in [0, 0.1) is 0 Å². The van der Waals surface area contributed by atoms with Crippen molar-refractivity contribution in [3.05, 3.63) is 340 Å². The average Bonchev–Trinajstić information content (AvgIpc) is 1.48. The molecular weight excluding hydrogens is 1530 g/mol. The summed E-state index contributed by atoms with van der Waals surface area (Å²) in [6.45, 7) is 8.56. The Bertz CT molecular complexity index is 6480. The molecule has 0 atom stereocenters. The molecule has 1 aromatic heterocycles. The Morgan fingerprint density at radius 1 is 0.198 bits per heavy atom. The summed E-state index contributed by atoms with van der Waals surface area (Å²) >= 11 is 0. The van der Waals surface area contributed by atoms with Crippen LogP contribution in [-0.2, 0) is 27.1 Å². The predicted molar refractivity (Wildman–Crippen MR) is 458 cm³/mol. The standard InChI is InChI=1S/C33H22O4.C25H18O4.C21H15N3O6.C21H24O4/c34-29-15-19-9-11-23(13-21(19)17-31(29)36)33(24-12-10-20-16-30(35)32(37)18-22(20)14-24)27-7-3-1-5-25(27)26-6-2-4-8-28(26)33;26-21-11-9-15(13-23(21)28)25(16-10-12-22(27)24(29)14-16)19-7-3-1-5-17(19)18-6-2-4-8-20(18)25;25-13-4-1-10(7-16(13)28)19-22-20(11-2-5-14(26)17(29)8-11)24-21(23-19)12-3-6-15(27)18(30)9-12;1-19(2)9-21(13-7-17(24)15(22)5-11(13)19)10-20(3,4)12-6-16(23)18(25)8-14(12)21/h1-18,34-37H;1-14,26-29H;1-9,25-30H;5-8,22-25H,9-10H2,1-4H3. The molecule has 20 rings (SSSR count). The largest absolute Gasteiger partial charge is 0.504 e. The number of rotatable bonds is 7. The van der Waals surface area contributed by atoms with E-state index in [0.717, 1.165) is 123 Å². The zero-order valence-corrected chi connectivity index (χ0v) is 65.3. The summed E-state index contributed by atoms with van der Waals surface area (Å²) in [4.78, 5) is 13.1. The molecule has 0 radical (unpaired) electrons. The fraction of sp³-hybridized carbons (Fsp3) is 0.110. The summed E-state index contributed by atoms with van der Waals surface area (Å²) < 4.78 is 0. The number of nitrogens with zero attached hydrogens (tertiary/aromatic N) is 3. The molecule has 0 fully saturated rings. The maximum atomic E-state index is 10.3. The van der Waals surface area contributed by atoms with Crippen molar-refractivity contribution < 1.29 is 91.9 Å². The molecule has 0 aliphatic heterocycles.